The molecule has 0 unspecified atom stereocenters. The summed E-state index contributed by atoms with van der Waals surface area (Å²) in [7, 11) is 0. The van der Waals surface area contributed by atoms with Crippen LogP contribution in [0.25, 0.3) is 0 Å². The first-order valence-electron chi connectivity index (χ1n) is 5.50. The van der Waals surface area contributed by atoms with Gasteiger partial charge in [-0.3, -0.25) is 0 Å². The number of nitrogens with one attached hydrogen (secondary N) is 1. The molecule has 0 saturated heterocycles. The molecular weight excluding hydrogens is 231 g/mol. The summed E-state index contributed by atoms with van der Waals surface area (Å²) in [5, 5.41) is 4.00. The minimum Gasteiger partial charge on any atom is -0.245 e. The molecule has 18 heavy (non-hydrogen) atoms. The number of rotatable bonds is 3. The maximum absolute atomic E-state index is 12.7. The largest absolute Gasteiger partial charge is 0.245 e. The van der Waals surface area contributed by atoms with Crippen LogP contribution in [0.5, 0.6) is 0 Å². The van der Waals surface area contributed by atoms with Crippen LogP contribution in [0.15, 0.2) is 35.4 Å². The van der Waals surface area contributed by atoms with Crippen LogP contribution >= 0.6 is 0 Å². The van der Waals surface area contributed by atoms with Gasteiger partial charge in [0.15, 0.2) is 0 Å². The molecule has 0 spiro atoms. The molecule has 0 aliphatic carbocycles. The van der Waals surface area contributed by atoms with Crippen molar-refractivity contribution in [2.75, 3.05) is 5.43 Å². The molecule has 1 aromatic carbocycles. The van der Waals surface area contributed by atoms with Crippen LogP contribution in [-0.2, 0) is 0 Å². The van der Waals surface area contributed by atoms with Crippen LogP contribution in [0, 0.1) is 19.7 Å². The lowest BCUT2D eigenvalue weighted by atomic mass is 10.2. The zero-order chi connectivity index (χ0) is 13.0. The number of aryl methyl sites for hydroxylation is 2. The highest BCUT2D eigenvalue weighted by molar-refractivity contribution is 5.79. The highest BCUT2D eigenvalue weighted by Crippen LogP contribution is 2.04. The zero-order valence-corrected chi connectivity index (χ0v) is 10.2. The average molecular weight is 244 g/mol. The lowest BCUT2D eigenvalue weighted by Crippen LogP contribution is -1.99. The molecular formula is C13H13FN4. The molecule has 0 aliphatic rings. The Morgan fingerprint density at radius 3 is 2.33 bits per heavy atom. The molecule has 0 aliphatic heterocycles. The molecule has 0 fully saturated rings. The third-order valence-electron chi connectivity index (χ3n) is 2.23. The van der Waals surface area contributed by atoms with Crippen molar-refractivity contribution in [2.24, 2.45) is 5.10 Å². The number of halogens is 1. The Balaban J connectivity index is 2.04. The Bertz CT molecular complexity index is 543. The van der Waals surface area contributed by atoms with Crippen LogP contribution in [0.2, 0.25) is 0 Å². The molecule has 0 amide bonds. The fraction of sp³-hybridized carbons (Fsp3) is 0.154. The number of hydrogen-bond donors (Lipinski definition) is 1. The molecule has 2 aromatic rings. The second-order valence-corrected chi connectivity index (χ2v) is 3.90. The number of anilines is 1. The molecule has 2 rings (SSSR count). The smallest absolute Gasteiger partial charge is 0.243 e. The summed E-state index contributed by atoms with van der Waals surface area (Å²) in [4.78, 5) is 8.37. The summed E-state index contributed by atoms with van der Waals surface area (Å²) in [6.45, 7) is 3.78. The van der Waals surface area contributed by atoms with Crippen LogP contribution < -0.4 is 5.43 Å². The first-order valence-corrected chi connectivity index (χ1v) is 5.50. The van der Waals surface area contributed by atoms with Gasteiger partial charge in [0.25, 0.3) is 0 Å². The summed E-state index contributed by atoms with van der Waals surface area (Å²) in [5.74, 6) is 0.184. The van der Waals surface area contributed by atoms with E-state index in [2.05, 4.69) is 20.5 Å². The summed E-state index contributed by atoms with van der Waals surface area (Å²) >= 11 is 0. The van der Waals surface area contributed by atoms with E-state index in [1.54, 1.807) is 18.3 Å². The maximum atomic E-state index is 12.7. The SMILES string of the molecule is Cc1cc(C)nc(N/N=C\c2ccc(F)cc2)n1. The first kappa shape index (κ1) is 12.2. The van der Waals surface area contributed by atoms with Crippen molar-refractivity contribution < 1.29 is 4.39 Å². The number of hydrogen-bond acceptors (Lipinski definition) is 4. The van der Waals surface area contributed by atoms with Gasteiger partial charge in [0, 0.05) is 11.4 Å². The molecule has 0 saturated carbocycles. The lowest BCUT2D eigenvalue weighted by Gasteiger charge is -2.01. The average Bonchev–Trinajstić information content (AvgIpc) is 2.30. The molecule has 4 nitrogen and oxygen atoms in total. The Morgan fingerprint density at radius 2 is 1.72 bits per heavy atom. The third-order valence-corrected chi connectivity index (χ3v) is 2.23. The quantitative estimate of drug-likeness (QED) is 0.667. The first-order chi connectivity index (χ1) is 8.63. The van der Waals surface area contributed by atoms with E-state index >= 15 is 0 Å². The topological polar surface area (TPSA) is 50.2 Å². The normalized spacial score (nSPS) is 10.8. The summed E-state index contributed by atoms with van der Waals surface area (Å²) in [6, 6.07) is 7.93. The van der Waals surface area contributed by atoms with Crippen LogP contribution in [0.4, 0.5) is 10.3 Å². The molecule has 5 heteroatoms. The van der Waals surface area contributed by atoms with Crippen LogP contribution in [0.1, 0.15) is 17.0 Å². The van der Waals surface area contributed by atoms with Crippen molar-refractivity contribution in [3.05, 3.63) is 53.1 Å². The van der Waals surface area contributed by atoms with E-state index in [9.17, 15) is 4.39 Å². The molecule has 0 atom stereocenters. The maximum Gasteiger partial charge on any atom is 0.243 e. The highest BCUT2D eigenvalue weighted by atomic mass is 19.1. The van der Waals surface area contributed by atoms with Crippen molar-refractivity contribution in [3.63, 3.8) is 0 Å². The predicted octanol–water partition coefficient (Wildman–Crippen LogP) is 2.68. The zero-order valence-electron chi connectivity index (χ0n) is 10.2. The minimum absolute atomic E-state index is 0.266. The van der Waals surface area contributed by atoms with E-state index < -0.39 is 0 Å². The van der Waals surface area contributed by atoms with E-state index in [0.29, 0.717) is 5.95 Å². The van der Waals surface area contributed by atoms with E-state index in [1.165, 1.54) is 12.1 Å². The van der Waals surface area contributed by atoms with Crippen molar-refractivity contribution in [1.29, 1.82) is 0 Å². The molecule has 1 heterocycles. The number of aromatic nitrogens is 2. The minimum atomic E-state index is -0.266. The summed E-state index contributed by atoms with van der Waals surface area (Å²) < 4.78 is 12.7. The van der Waals surface area contributed by atoms with E-state index in [0.717, 1.165) is 17.0 Å². The second kappa shape index (κ2) is 5.35. The fourth-order valence-corrected chi connectivity index (χ4v) is 1.49. The van der Waals surface area contributed by atoms with Gasteiger partial charge in [-0.05, 0) is 37.6 Å². The number of hydrazone groups is 1. The van der Waals surface area contributed by atoms with Gasteiger partial charge in [-0.1, -0.05) is 12.1 Å². The van der Waals surface area contributed by atoms with Gasteiger partial charge in [-0.2, -0.15) is 5.10 Å². The van der Waals surface area contributed by atoms with Gasteiger partial charge in [0.2, 0.25) is 5.95 Å². The van der Waals surface area contributed by atoms with E-state index in [4.69, 9.17) is 0 Å². The monoisotopic (exact) mass is 244 g/mol. The number of nitrogens with zero attached hydrogens (tertiary/aromatic N) is 3. The van der Waals surface area contributed by atoms with Crippen LogP contribution in [0.3, 0.4) is 0 Å². The van der Waals surface area contributed by atoms with Gasteiger partial charge in [0.05, 0.1) is 6.21 Å². The van der Waals surface area contributed by atoms with Crippen LogP contribution in [-0.4, -0.2) is 16.2 Å². The summed E-state index contributed by atoms with van der Waals surface area (Å²) in [6.07, 6.45) is 1.58. The molecule has 1 N–H and O–H groups in total. The van der Waals surface area contributed by atoms with Crippen molar-refractivity contribution >= 4 is 12.2 Å². The third kappa shape index (κ3) is 3.35. The Hall–Kier alpha value is -2.30. The number of benzene rings is 1. The van der Waals surface area contributed by atoms with Gasteiger partial charge < -0.3 is 0 Å². The highest BCUT2D eigenvalue weighted by Gasteiger charge is 1.96. The van der Waals surface area contributed by atoms with E-state index in [-0.39, 0.29) is 5.82 Å². The van der Waals surface area contributed by atoms with Crippen molar-refractivity contribution in [2.45, 2.75) is 13.8 Å². The molecule has 0 bridgehead atoms. The fourth-order valence-electron chi connectivity index (χ4n) is 1.49. The van der Waals surface area contributed by atoms with Crippen molar-refractivity contribution in [3.8, 4) is 0 Å². The Morgan fingerprint density at radius 1 is 1.11 bits per heavy atom. The Kier molecular flexibility index (Phi) is 3.62. The molecule has 1 aromatic heterocycles. The molecule has 0 radical (unpaired) electrons. The lowest BCUT2D eigenvalue weighted by molar-refractivity contribution is 0.628. The summed E-state index contributed by atoms with van der Waals surface area (Å²) in [5.41, 5.74) is 5.30. The second-order valence-electron chi connectivity index (χ2n) is 3.90. The Labute approximate surface area is 105 Å². The van der Waals surface area contributed by atoms with Gasteiger partial charge in [-0.25, -0.2) is 19.8 Å². The predicted molar refractivity (Wildman–Crippen MR) is 69.1 cm³/mol. The van der Waals surface area contributed by atoms with Gasteiger partial charge in [-0.15, -0.1) is 0 Å². The van der Waals surface area contributed by atoms with Crippen molar-refractivity contribution in [1.82, 2.24) is 9.97 Å². The molecule has 92 valence electrons. The van der Waals surface area contributed by atoms with Gasteiger partial charge in [0.1, 0.15) is 5.82 Å². The standard InChI is InChI=1S/C13H13FN4/c1-9-7-10(2)17-13(16-9)18-15-8-11-3-5-12(14)6-4-11/h3-8H,1-2H3,(H,16,17,18)/b15-8-. The van der Waals surface area contributed by atoms with E-state index in [1.807, 2.05) is 19.9 Å². The van der Waals surface area contributed by atoms with Gasteiger partial charge >= 0.3 is 0 Å².